The van der Waals surface area contributed by atoms with Crippen molar-refractivity contribution in [2.75, 3.05) is 6.61 Å². The maximum Gasteiger partial charge on any atom is 0.306 e. The smallest absolute Gasteiger partial charge is 0.306 e. The molecule has 0 aliphatic rings. The monoisotopic (exact) mass is 538 g/mol. The molecule has 0 amide bonds. The second-order valence-electron chi connectivity index (χ2n) is 11.6. The van der Waals surface area contributed by atoms with Crippen LogP contribution in [-0.2, 0) is 19.1 Å². The number of carbonyl (C=O) groups is 2. The molecule has 0 spiro atoms. The van der Waals surface area contributed by atoms with Gasteiger partial charge in [-0.2, -0.15) is 0 Å². The number of unbranched alkanes of at least 4 members (excludes halogenated alkanes) is 21. The molecule has 4 heteroatoms. The van der Waals surface area contributed by atoms with Crippen LogP contribution in [0.5, 0.6) is 0 Å². The Morgan fingerprint density at radius 1 is 0.474 bits per heavy atom. The highest BCUT2D eigenvalue weighted by molar-refractivity contribution is 5.69. The normalized spacial score (nSPS) is 12.0. The van der Waals surface area contributed by atoms with E-state index < -0.39 is 0 Å². The molecule has 0 aromatic rings. The van der Waals surface area contributed by atoms with E-state index in [-0.39, 0.29) is 18.0 Å². The van der Waals surface area contributed by atoms with Gasteiger partial charge in [0.25, 0.3) is 0 Å². The SMILES string of the molecule is CCCCCCCCCCCCCCOC(=O)CCCCCCCCC(=O)OC(C)CCCCCCCC. The molecule has 38 heavy (non-hydrogen) atoms. The fourth-order valence-corrected chi connectivity index (χ4v) is 5.00. The van der Waals surface area contributed by atoms with Gasteiger partial charge >= 0.3 is 11.9 Å². The Bertz CT molecular complexity index is 505. The second-order valence-corrected chi connectivity index (χ2v) is 11.6. The van der Waals surface area contributed by atoms with Crippen molar-refractivity contribution in [3.05, 3.63) is 0 Å². The summed E-state index contributed by atoms with van der Waals surface area (Å²) in [6.45, 7) is 7.12. The third-order valence-electron chi connectivity index (χ3n) is 7.57. The molecule has 4 nitrogen and oxygen atoms in total. The number of rotatable bonds is 30. The van der Waals surface area contributed by atoms with E-state index in [0.717, 1.165) is 57.8 Å². The van der Waals surface area contributed by atoms with Gasteiger partial charge in [0, 0.05) is 12.8 Å². The van der Waals surface area contributed by atoms with Crippen molar-refractivity contribution >= 4 is 11.9 Å². The Morgan fingerprint density at radius 2 is 0.842 bits per heavy atom. The van der Waals surface area contributed by atoms with Gasteiger partial charge in [-0.15, -0.1) is 0 Å². The quantitative estimate of drug-likeness (QED) is 0.0674. The molecule has 0 saturated heterocycles. The van der Waals surface area contributed by atoms with Gasteiger partial charge in [0.15, 0.2) is 0 Å². The summed E-state index contributed by atoms with van der Waals surface area (Å²) in [6, 6.07) is 0. The van der Waals surface area contributed by atoms with Gasteiger partial charge in [0.2, 0.25) is 0 Å². The Kier molecular flexibility index (Phi) is 29.6. The molecule has 0 aromatic heterocycles. The summed E-state index contributed by atoms with van der Waals surface area (Å²) in [6.07, 6.45) is 31.8. The maximum absolute atomic E-state index is 12.0. The Hall–Kier alpha value is -1.06. The molecular weight excluding hydrogens is 472 g/mol. The van der Waals surface area contributed by atoms with E-state index in [1.165, 1.54) is 103 Å². The Balaban J connectivity index is 3.33. The second kappa shape index (κ2) is 30.5. The molecule has 0 rings (SSSR count). The number of carbonyl (C=O) groups excluding carboxylic acids is 2. The lowest BCUT2D eigenvalue weighted by atomic mass is 10.1. The number of hydrogen-bond donors (Lipinski definition) is 0. The lowest BCUT2D eigenvalue weighted by Crippen LogP contribution is -2.14. The zero-order valence-corrected chi connectivity index (χ0v) is 26.0. The van der Waals surface area contributed by atoms with Gasteiger partial charge in [-0.25, -0.2) is 0 Å². The third kappa shape index (κ3) is 29.5. The summed E-state index contributed by atoms with van der Waals surface area (Å²) in [7, 11) is 0. The van der Waals surface area contributed by atoms with E-state index in [1.54, 1.807) is 0 Å². The van der Waals surface area contributed by atoms with Gasteiger partial charge in [0.05, 0.1) is 12.7 Å². The average molecular weight is 539 g/mol. The zero-order valence-electron chi connectivity index (χ0n) is 26.0. The minimum absolute atomic E-state index is 0.0362. The van der Waals surface area contributed by atoms with E-state index in [9.17, 15) is 9.59 Å². The molecule has 1 atom stereocenters. The Morgan fingerprint density at radius 3 is 1.32 bits per heavy atom. The van der Waals surface area contributed by atoms with Crippen molar-refractivity contribution < 1.29 is 19.1 Å². The molecule has 0 radical (unpaired) electrons. The molecule has 0 bridgehead atoms. The van der Waals surface area contributed by atoms with Crippen LogP contribution in [0.4, 0.5) is 0 Å². The van der Waals surface area contributed by atoms with Crippen LogP contribution in [-0.4, -0.2) is 24.6 Å². The van der Waals surface area contributed by atoms with E-state index in [1.807, 2.05) is 6.92 Å². The predicted octanol–water partition coefficient (Wildman–Crippen LogP) is 11.0. The van der Waals surface area contributed by atoms with Crippen LogP contribution in [0.2, 0.25) is 0 Å². The van der Waals surface area contributed by atoms with Gasteiger partial charge in [0.1, 0.15) is 0 Å². The summed E-state index contributed by atoms with van der Waals surface area (Å²) in [5, 5.41) is 0. The highest BCUT2D eigenvalue weighted by atomic mass is 16.5. The first-order valence-corrected chi connectivity index (χ1v) is 16.9. The standard InChI is InChI=1S/C34H66O4/c1-4-6-8-10-12-13-14-15-16-19-23-27-31-37-33(35)29-25-21-17-18-22-26-30-34(36)38-32(3)28-24-20-11-9-7-5-2/h32H,4-31H2,1-3H3. The van der Waals surface area contributed by atoms with E-state index in [4.69, 9.17) is 9.47 Å². The van der Waals surface area contributed by atoms with Gasteiger partial charge in [-0.1, -0.05) is 142 Å². The summed E-state index contributed by atoms with van der Waals surface area (Å²) in [4.78, 5) is 23.9. The Labute approximate surface area is 237 Å². The molecule has 0 heterocycles. The van der Waals surface area contributed by atoms with Gasteiger partial charge in [-0.3, -0.25) is 9.59 Å². The fraction of sp³-hybridized carbons (Fsp3) is 0.941. The maximum atomic E-state index is 12.0. The number of hydrogen-bond acceptors (Lipinski definition) is 4. The van der Waals surface area contributed by atoms with E-state index in [0.29, 0.717) is 19.4 Å². The third-order valence-corrected chi connectivity index (χ3v) is 7.57. The lowest BCUT2D eigenvalue weighted by Gasteiger charge is -2.13. The molecule has 0 aliphatic heterocycles. The summed E-state index contributed by atoms with van der Waals surface area (Å²) in [5.74, 6) is -0.0784. The highest BCUT2D eigenvalue weighted by Crippen LogP contribution is 2.14. The van der Waals surface area contributed by atoms with Crippen LogP contribution in [0.1, 0.15) is 194 Å². The van der Waals surface area contributed by atoms with Crippen molar-refractivity contribution in [3.63, 3.8) is 0 Å². The molecule has 0 fully saturated rings. The van der Waals surface area contributed by atoms with Crippen LogP contribution >= 0.6 is 0 Å². The van der Waals surface area contributed by atoms with Crippen LogP contribution in [0.15, 0.2) is 0 Å². The van der Waals surface area contributed by atoms with Crippen molar-refractivity contribution in [2.45, 2.75) is 200 Å². The van der Waals surface area contributed by atoms with Gasteiger partial charge < -0.3 is 9.47 Å². The molecule has 0 N–H and O–H groups in total. The average Bonchev–Trinajstić information content (AvgIpc) is 2.90. The molecule has 0 aliphatic carbocycles. The topological polar surface area (TPSA) is 52.6 Å². The zero-order chi connectivity index (χ0) is 27.9. The molecular formula is C34H66O4. The summed E-state index contributed by atoms with van der Waals surface area (Å²) in [5.41, 5.74) is 0. The molecule has 0 saturated carbocycles. The first-order chi connectivity index (χ1) is 18.6. The fourth-order valence-electron chi connectivity index (χ4n) is 5.00. The first-order valence-electron chi connectivity index (χ1n) is 16.9. The number of ether oxygens (including phenoxy) is 2. The lowest BCUT2D eigenvalue weighted by molar-refractivity contribution is -0.148. The van der Waals surface area contributed by atoms with Gasteiger partial charge in [-0.05, 0) is 39.0 Å². The summed E-state index contributed by atoms with van der Waals surface area (Å²) >= 11 is 0. The van der Waals surface area contributed by atoms with Crippen LogP contribution in [0, 0.1) is 0 Å². The highest BCUT2D eigenvalue weighted by Gasteiger charge is 2.09. The predicted molar refractivity (Wildman–Crippen MR) is 163 cm³/mol. The van der Waals surface area contributed by atoms with Crippen LogP contribution < -0.4 is 0 Å². The van der Waals surface area contributed by atoms with Crippen LogP contribution in [0.25, 0.3) is 0 Å². The largest absolute Gasteiger partial charge is 0.466 e. The first kappa shape index (κ1) is 36.9. The van der Waals surface area contributed by atoms with Crippen molar-refractivity contribution in [1.29, 1.82) is 0 Å². The summed E-state index contributed by atoms with van der Waals surface area (Å²) < 4.78 is 10.9. The van der Waals surface area contributed by atoms with Crippen LogP contribution in [0.3, 0.4) is 0 Å². The van der Waals surface area contributed by atoms with Crippen molar-refractivity contribution in [1.82, 2.24) is 0 Å². The number of esters is 2. The molecule has 1 unspecified atom stereocenters. The minimum Gasteiger partial charge on any atom is -0.466 e. The van der Waals surface area contributed by atoms with Crippen molar-refractivity contribution in [3.8, 4) is 0 Å². The van der Waals surface area contributed by atoms with Crippen molar-refractivity contribution in [2.24, 2.45) is 0 Å². The van der Waals surface area contributed by atoms with E-state index >= 15 is 0 Å². The molecule has 0 aromatic carbocycles. The molecule has 226 valence electrons. The minimum atomic E-state index is -0.0422. The van der Waals surface area contributed by atoms with E-state index in [2.05, 4.69) is 13.8 Å².